The molecule has 2 unspecified atom stereocenters. The van der Waals surface area contributed by atoms with Crippen LogP contribution in [0.5, 0.6) is 0 Å². The Morgan fingerprint density at radius 3 is 2.62 bits per heavy atom. The molecule has 2 heterocycles. The van der Waals surface area contributed by atoms with Gasteiger partial charge >= 0.3 is 0 Å². The first-order valence-corrected chi connectivity index (χ1v) is 6.06. The van der Waals surface area contributed by atoms with Gasteiger partial charge in [-0.1, -0.05) is 20.8 Å². The molecule has 0 aromatic carbocycles. The number of Topliss-reactive ketones (excluding diaryl/α,β-unsaturated/α-hetero) is 1. The average Bonchev–Trinajstić information content (AvgIpc) is 2.54. The Hall–Kier alpha value is -1.05. The summed E-state index contributed by atoms with van der Waals surface area (Å²) < 4.78 is 2.16. The molecule has 1 aliphatic heterocycles. The lowest BCUT2D eigenvalue weighted by Crippen LogP contribution is -2.24. The van der Waals surface area contributed by atoms with Crippen molar-refractivity contribution in [1.82, 2.24) is 4.57 Å². The monoisotopic (exact) mass is 219 g/mol. The number of hydrogen-bond acceptors (Lipinski definition) is 1. The molecular formula is C14H21NO. The summed E-state index contributed by atoms with van der Waals surface area (Å²) in [6, 6.07) is 2.44. The molecule has 1 aromatic rings. The summed E-state index contributed by atoms with van der Waals surface area (Å²) in [6.07, 6.45) is 3.07. The summed E-state index contributed by atoms with van der Waals surface area (Å²) in [5.74, 6) is 0.823. The van der Waals surface area contributed by atoms with Gasteiger partial charge in [-0.15, -0.1) is 0 Å². The number of hydrogen-bond donors (Lipinski definition) is 0. The van der Waals surface area contributed by atoms with Gasteiger partial charge < -0.3 is 4.57 Å². The molecular weight excluding hydrogens is 198 g/mol. The van der Waals surface area contributed by atoms with Crippen molar-refractivity contribution in [1.29, 1.82) is 0 Å². The van der Waals surface area contributed by atoms with Crippen LogP contribution < -0.4 is 0 Å². The van der Waals surface area contributed by atoms with E-state index in [0.29, 0.717) is 12.0 Å². The van der Waals surface area contributed by atoms with E-state index in [1.807, 2.05) is 6.07 Å². The highest BCUT2D eigenvalue weighted by molar-refractivity contribution is 5.99. The van der Waals surface area contributed by atoms with E-state index in [2.05, 4.69) is 45.4 Å². The quantitative estimate of drug-likeness (QED) is 0.653. The van der Waals surface area contributed by atoms with Crippen molar-refractivity contribution < 1.29 is 4.79 Å². The molecule has 0 bridgehead atoms. The number of carbonyl (C=O) groups is 1. The molecule has 0 saturated heterocycles. The normalized spacial score (nSPS) is 28.7. The van der Waals surface area contributed by atoms with Gasteiger partial charge in [-0.3, -0.25) is 4.79 Å². The van der Waals surface area contributed by atoms with Gasteiger partial charge in [-0.05, 0) is 37.8 Å². The third-order valence-corrected chi connectivity index (χ3v) is 3.93. The Morgan fingerprint density at radius 2 is 2.00 bits per heavy atom. The van der Waals surface area contributed by atoms with Crippen LogP contribution in [-0.4, -0.2) is 10.4 Å². The van der Waals surface area contributed by atoms with Crippen LogP contribution in [0, 0.1) is 18.3 Å². The minimum absolute atomic E-state index is 0.229. The predicted octanol–water partition coefficient (Wildman–Crippen LogP) is 3.61. The van der Waals surface area contributed by atoms with E-state index < -0.39 is 0 Å². The second-order valence-electron chi connectivity index (χ2n) is 5.94. The summed E-state index contributed by atoms with van der Waals surface area (Å²) in [6.45, 7) is 10.6. The third-order valence-electron chi connectivity index (χ3n) is 3.93. The second-order valence-corrected chi connectivity index (χ2v) is 5.94. The zero-order valence-electron chi connectivity index (χ0n) is 10.9. The smallest absolute Gasteiger partial charge is 0.184 e. The van der Waals surface area contributed by atoms with Crippen LogP contribution in [0.3, 0.4) is 0 Å². The molecule has 0 spiro atoms. The number of aryl methyl sites for hydroxylation is 1. The van der Waals surface area contributed by atoms with Crippen molar-refractivity contribution >= 4 is 5.78 Å². The van der Waals surface area contributed by atoms with E-state index in [1.165, 1.54) is 5.56 Å². The molecule has 0 fully saturated rings. The van der Waals surface area contributed by atoms with Crippen LogP contribution in [0.15, 0.2) is 12.3 Å². The summed E-state index contributed by atoms with van der Waals surface area (Å²) >= 11 is 0. The molecule has 0 aliphatic carbocycles. The lowest BCUT2D eigenvalue weighted by Gasteiger charge is -2.24. The van der Waals surface area contributed by atoms with Gasteiger partial charge in [0, 0.05) is 17.7 Å². The molecule has 2 rings (SSSR count). The first-order chi connectivity index (χ1) is 7.33. The molecule has 0 radical (unpaired) electrons. The SMILES string of the molecule is Cc1cc2n(c1)C(C)C(C)CC(C)(C)C2=O. The van der Waals surface area contributed by atoms with Gasteiger partial charge in [0.1, 0.15) is 0 Å². The Kier molecular flexibility index (Phi) is 2.48. The van der Waals surface area contributed by atoms with Crippen LogP contribution in [0.2, 0.25) is 0 Å². The molecule has 2 atom stereocenters. The fraction of sp³-hybridized carbons (Fsp3) is 0.643. The molecule has 1 aromatic heterocycles. The maximum Gasteiger partial charge on any atom is 0.184 e. The lowest BCUT2D eigenvalue weighted by atomic mass is 9.78. The Bertz CT molecular complexity index is 428. The molecule has 16 heavy (non-hydrogen) atoms. The van der Waals surface area contributed by atoms with E-state index in [0.717, 1.165) is 12.1 Å². The highest BCUT2D eigenvalue weighted by Crippen LogP contribution is 2.39. The molecule has 0 saturated carbocycles. The first kappa shape index (κ1) is 11.4. The maximum atomic E-state index is 12.4. The Balaban J connectivity index is 2.59. The summed E-state index contributed by atoms with van der Waals surface area (Å²) in [5.41, 5.74) is 1.84. The highest BCUT2D eigenvalue weighted by atomic mass is 16.1. The largest absolute Gasteiger partial charge is 0.342 e. The molecule has 2 heteroatoms. The van der Waals surface area contributed by atoms with Gasteiger partial charge in [-0.2, -0.15) is 0 Å². The van der Waals surface area contributed by atoms with E-state index in [-0.39, 0.29) is 11.2 Å². The molecule has 2 nitrogen and oxygen atoms in total. The zero-order valence-corrected chi connectivity index (χ0v) is 10.9. The van der Waals surface area contributed by atoms with Crippen molar-refractivity contribution in [3.63, 3.8) is 0 Å². The highest BCUT2D eigenvalue weighted by Gasteiger charge is 2.37. The van der Waals surface area contributed by atoms with E-state index in [1.54, 1.807) is 0 Å². The fourth-order valence-corrected chi connectivity index (χ4v) is 2.83. The fourth-order valence-electron chi connectivity index (χ4n) is 2.83. The van der Waals surface area contributed by atoms with E-state index in [9.17, 15) is 4.79 Å². The lowest BCUT2D eigenvalue weighted by molar-refractivity contribution is 0.0812. The first-order valence-electron chi connectivity index (χ1n) is 6.06. The number of carbonyl (C=O) groups excluding carboxylic acids is 1. The minimum atomic E-state index is -0.229. The van der Waals surface area contributed by atoms with E-state index >= 15 is 0 Å². The summed E-state index contributed by atoms with van der Waals surface area (Å²) in [7, 11) is 0. The molecule has 88 valence electrons. The van der Waals surface area contributed by atoms with Gasteiger partial charge in [0.25, 0.3) is 0 Å². The minimum Gasteiger partial charge on any atom is -0.342 e. The van der Waals surface area contributed by atoms with Crippen molar-refractivity contribution in [3.05, 3.63) is 23.5 Å². The topological polar surface area (TPSA) is 22.0 Å². The van der Waals surface area contributed by atoms with Gasteiger partial charge in [0.05, 0.1) is 5.69 Å². The molecule has 0 N–H and O–H groups in total. The molecule has 1 aliphatic rings. The van der Waals surface area contributed by atoms with Crippen molar-refractivity contribution in [2.45, 2.75) is 47.1 Å². The zero-order chi connectivity index (χ0) is 12.1. The second kappa shape index (κ2) is 3.47. The van der Waals surface area contributed by atoms with Crippen LogP contribution in [0.4, 0.5) is 0 Å². The standard InChI is InChI=1S/C14H21NO/c1-9-6-12-13(16)14(4,5)7-10(2)11(3)15(12)8-9/h6,8,10-11H,7H2,1-5H3. The Labute approximate surface area is 97.7 Å². The summed E-state index contributed by atoms with van der Waals surface area (Å²) in [5, 5.41) is 0. The third kappa shape index (κ3) is 1.60. The molecule has 0 amide bonds. The number of aromatic nitrogens is 1. The van der Waals surface area contributed by atoms with Crippen LogP contribution >= 0.6 is 0 Å². The van der Waals surface area contributed by atoms with Gasteiger partial charge in [0.15, 0.2) is 5.78 Å². The van der Waals surface area contributed by atoms with Crippen molar-refractivity contribution in [2.24, 2.45) is 11.3 Å². The van der Waals surface area contributed by atoms with Crippen LogP contribution in [-0.2, 0) is 0 Å². The number of fused-ring (bicyclic) bond motifs is 1. The van der Waals surface area contributed by atoms with Crippen LogP contribution in [0.25, 0.3) is 0 Å². The van der Waals surface area contributed by atoms with Crippen molar-refractivity contribution in [2.75, 3.05) is 0 Å². The van der Waals surface area contributed by atoms with Crippen LogP contribution in [0.1, 0.15) is 56.2 Å². The summed E-state index contributed by atoms with van der Waals surface area (Å²) in [4.78, 5) is 12.4. The van der Waals surface area contributed by atoms with E-state index in [4.69, 9.17) is 0 Å². The number of ketones is 1. The predicted molar refractivity (Wildman–Crippen MR) is 65.8 cm³/mol. The maximum absolute atomic E-state index is 12.4. The number of rotatable bonds is 0. The Morgan fingerprint density at radius 1 is 1.38 bits per heavy atom. The van der Waals surface area contributed by atoms with Gasteiger partial charge in [0.2, 0.25) is 0 Å². The average molecular weight is 219 g/mol. The number of nitrogens with zero attached hydrogens (tertiary/aromatic N) is 1. The van der Waals surface area contributed by atoms with Gasteiger partial charge in [-0.25, -0.2) is 0 Å². The van der Waals surface area contributed by atoms with Crippen molar-refractivity contribution in [3.8, 4) is 0 Å².